The van der Waals surface area contributed by atoms with Crippen LogP contribution >= 0.6 is 0 Å². The van der Waals surface area contributed by atoms with E-state index >= 15 is 0 Å². The minimum Gasteiger partial charge on any atom is -0.383 e. The fraction of sp³-hybridized carbons (Fsp3) is 0.182. The fourth-order valence-electron chi connectivity index (χ4n) is 1.51. The van der Waals surface area contributed by atoms with Gasteiger partial charge in [-0.05, 0) is 17.7 Å². The SMILES string of the molecule is CN(Cc1ccncc1)C(=O)c1cn[nH]c1N. The van der Waals surface area contributed by atoms with Gasteiger partial charge in [0.15, 0.2) is 0 Å². The highest BCUT2D eigenvalue weighted by molar-refractivity contribution is 5.97. The minimum atomic E-state index is -0.159. The number of nitrogens with zero attached hydrogens (tertiary/aromatic N) is 3. The van der Waals surface area contributed by atoms with Gasteiger partial charge in [0.1, 0.15) is 11.4 Å². The zero-order chi connectivity index (χ0) is 12.3. The van der Waals surface area contributed by atoms with E-state index in [0.717, 1.165) is 5.56 Å². The highest BCUT2D eigenvalue weighted by atomic mass is 16.2. The molecule has 0 unspecified atom stereocenters. The second kappa shape index (κ2) is 4.65. The fourth-order valence-corrected chi connectivity index (χ4v) is 1.51. The average Bonchev–Trinajstić information content (AvgIpc) is 2.76. The van der Waals surface area contributed by atoms with Gasteiger partial charge in [-0.3, -0.25) is 14.9 Å². The molecule has 2 rings (SSSR count). The molecule has 0 bridgehead atoms. The molecular formula is C11H13N5O. The summed E-state index contributed by atoms with van der Waals surface area (Å²) in [7, 11) is 1.72. The van der Waals surface area contributed by atoms with Gasteiger partial charge in [-0.25, -0.2) is 0 Å². The van der Waals surface area contributed by atoms with Crippen LogP contribution in [0.4, 0.5) is 5.82 Å². The smallest absolute Gasteiger partial charge is 0.259 e. The Morgan fingerprint density at radius 3 is 2.76 bits per heavy atom. The van der Waals surface area contributed by atoms with Gasteiger partial charge < -0.3 is 10.6 Å². The van der Waals surface area contributed by atoms with Crippen molar-refractivity contribution in [2.24, 2.45) is 0 Å². The summed E-state index contributed by atoms with van der Waals surface area (Å²) in [5, 5.41) is 6.26. The molecule has 0 saturated heterocycles. The third-order valence-electron chi connectivity index (χ3n) is 2.42. The van der Waals surface area contributed by atoms with E-state index in [0.29, 0.717) is 12.1 Å². The summed E-state index contributed by atoms with van der Waals surface area (Å²) in [6.45, 7) is 0.506. The van der Waals surface area contributed by atoms with E-state index in [1.54, 1.807) is 24.3 Å². The first-order valence-corrected chi connectivity index (χ1v) is 5.11. The Labute approximate surface area is 98.5 Å². The summed E-state index contributed by atoms with van der Waals surface area (Å²) < 4.78 is 0. The lowest BCUT2D eigenvalue weighted by molar-refractivity contribution is 0.0786. The number of nitrogens with two attached hydrogens (primary N) is 1. The molecule has 2 aromatic rings. The van der Waals surface area contributed by atoms with Crippen LogP contribution in [0.5, 0.6) is 0 Å². The summed E-state index contributed by atoms with van der Waals surface area (Å²) in [6, 6.07) is 3.73. The van der Waals surface area contributed by atoms with Gasteiger partial charge >= 0.3 is 0 Å². The van der Waals surface area contributed by atoms with Crippen LogP contribution in [0.3, 0.4) is 0 Å². The molecule has 0 saturated carbocycles. The van der Waals surface area contributed by atoms with Crippen LogP contribution in [0.25, 0.3) is 0 Å². The number of carbonyl (C=O) groups excluding carboxylic acids is 1. The van der Waals surface area contributed by atoms with Crippen molar-refractivity contribution < 1.29 is 4.79 Å². The Morgan fingerprint density at radius 1 is 1.47 bits per heavy atom. The number of pyridine rings is 1. The monoisotopic (exact) mass is 231 g/mol. The van der Waals surface area contributed by atoms with E-state index in [9.17, 15) is 4.79 Å². The molecule has 1 amide bonds. The number of amides is 1. The first-order chi connectivity index (χ1) is 8.18. The molecule has 2 heterocycles. The lowest BCUT2D eigenvalue weighted by atomic mass is 10.2. The van der Waals surface area contributed by atoms with Crippen molar-refractivity contribution >= 4 is 11.7 Å². The van der Waals surface area contributed by atoms with Gasteiger partial charge in [0, 0.05) is 26.0 Å². The van der Waals surface area contributed by atoms with Crippen molar-refractivity contribution in [2.45, 2.75) is 6.54 Å². The van der Waals surface area contributed by atoms with Crippen LogP contribution in [0, 0.1) is 0 Å². The topological polar surface area (TPSA) is 87.9 Å². The van der Waals surface area contributed by atoms with Crippen LogP contribution in [0.1, 0.15) is 15.9 Å². The molecule has 0 aliphatic carbocycles. The van der Waals surface area contributed by atoms with Gasteiger partial charge in [0.05, 0.1) is 6.20 Å². The second-order valence-corrected chi connectivity index (χ2v) is 3.71. The zero-order valence-electron chi connectivity index (χ0n) is 9.42. The van der Waals surface area contributed by atoms with Crippen molar-refractivity contribution in [2.75, 3.05) is 12.8 Å². The second-order valence-electron chi connectivity index (χ2n) is 3.71. The van der Waals surface area contributed by atoms with E-state index in [4.69, 9.17) is 5.73 Å². The van der Waals surface area contributed by atoms with Gasteiger partial charge in [-0.15, -0.1) is 0 Å². The molecule has 0 spiro atoms. The molecule has 0 aliphatic heterocycles. The number of anilines is 1. The first-order valence-electron chi connectivity index (χ1n) is 5.11. The van der Waals surface area contributed by atoms with E-state index in [1.165, 1.54) is 6.20 Å². The quantitative estimate of drug-likeness (QED) is 0.812. The molecule has 0 atom stereocenters. The van der Waals surface area contributed by atoms with Crippen molar-refractivity contribution in [3.05, 3.63) is 41.9 Å². The lowest BCUT2D eigenvalue weighted by Crippen LogP contribution is -2.26. The van der Waals surface area contributed by atoms with Gasteiger partial charge in [-0.1, -0.05) is 0 Å². The molecule has 3 N–H and O–H groups in total. The molecule has 6 heteroatoms. The van der Waals surface area contributed by atoms with Crippen molar-refractivity contribution in [3.63, 3.8) is 0 Å². The predicted molar refractivity (Wildman–Crippen MR) is 63.0 cm³/mol. The van der Waals surface area contributed by atoms with Crippen LogP contribution in [-0.2, 0) is 6.54 Å². The molecular weight excluding hydrogens is 218 g/mol. The van der Waals surface area contributed by atoms with E-state index in [1.807, 2.05) is 12.1 Å². The van der Waals surface area contributed by atoms with Crippen molar-refractivity contribution in [3.8, 4) is 0 Å². The van der Waals surface area contributed by atoms with Gasteiger partial charge in [-0.2, -0.15) is 5.10 Å². The number of nitrogens with one attached hydrogen (secondary N) is 1. The molecule has 0 fully saturated rings. The molecule has 0 aromatic carbocycles. The number of carbonyl (C=O) groups is 1. The maximum absolute atomic E-state index is 12.0. The number of aromatic amines is 1. The molecule has 6 nitrogen and oxygen atoms in total. The number of aromatic nitrogens is 3. The third kappa shape index (κ3) is 2.41. The largest absolute Gasteiger partial charge is 0.383 e. The van der Waals surface area contributed by atoms with Crippen molar-refractivity contribution in [1.29, 1.82) is 0 Å². The molecule has 0 aliphatic rings. The average molecular weight is 231 g/mol. The maximum atomic E-state index is 12.0. The Balaban J connectivity index is 2.09. The number of hydrogen-bond donors (Lipinski definition) is 2. The summed E-state index contributed by atoms with van der Waals surface area (Å²) in [5.41, 5.74) is 7.00. The Morgan fingerprint density at radius 2 is 2.18 bits per heavy atom. The minimum absolute atomic E-state index is 0.159. The summed E-state index contributed by atoms with van der Waals surface area (Å²) >= 11 is 0. The van der Waals surface area contributed by atoms with Crippen LogP contribution in [0.2, 0.25) is 0 Å². The maximum Gasteiger partial charge on any atom is 0.259 e. The third-order valence-corrected chi connectivity index (χ3v) is 2.42. The molecule has 17 heavy (non-hydrogen) atoms. The summed E-state index contributed by atoms with van der Waals surface area (Å²) in [6.07, 6.45) is 4.82. The standard InChI is InChI=1S/C11H13N5O/c1-16(7-8-2-4-13-5-3-8)11(17)9-6-14-15-10(9)12/h2-6H,7H2,1H3,(H3,12,14,15). The number of nitrogen functional groups attached to an aromatic ring is 1. The van der Waals surface area contributed by atoms with Crippen LogP contribution in [-0.4, -0.2) is 33.0 Å². The highest BCUT2D eigenvalue weighted by Crippen LogP contribution is 2.11. The van der Waals surface area contributed by atoms with Crippen LogP contribution in [0.15, 0.2) is 30.7 Å². The summed E-state index contributed by atoms with van der Waals surface area (Å²) in [5.74, 6) is 0.129. The number of H-pyrrole nitrogens is 1. The number of hydrogen-bond acceptors (Lipinski definition) is 4. The van der Waals surface area contributed by atoms with Crippen molar-refractivity contribution in [1.82, 2.24) is 20.1 Å². The Kier molecular flexibility index (Phi) is 3.04. The Bertz CT molecular complexity index is 508. The van der Waals surface area contributed by atoms with Gasteiger partial charge in [0.25, 0.3) is 5.91 Å². The van der Waals surface area contributed by atoms with E-state index < -0.39 is 0 Å². The predicted octanol–water partition coefficient (Wildman–Crippen LogP) is 0.659. The Hall–Kier alpha value is -2.37. The summed E-state index contributed by atoms with van der Waals surface area (Å²) in [4.78, 5) is 17.5. The van der Waals surface area contributed by atoms with Crippen LogP contribution < -0.4 is 5.73 Å². The molecule has 0 radical (unpaired) electrons. The molecule has 2 aromatic heterocycles. The highest BCUT2D eigenvalue weighted by Gasteiger charge is 2.16. The van der Waals surface area contributed by atoms with E-state index in [2.05, 4.69) is 15.2 Å². The number of rotatable bonds is 3. The first kappa shape index (κ1) is 11.1. The normalized spacial score (nSPS) is 10.2. The molecule has 88 valence electrons. The lowest BCUT2D eigenvalue weighted by Gasteiger charge is -2.16. The van der Waals surface area contributed by atoms with Gasteiger partial charge in [0.2, 0.25) is 0 Å². The van der Waals surface area contributed by atoms with E-state index in [-0.39, 0.29) is 11.7 Å². The zero-order valence-corrected chi connectivity index (χ0v) is 9.42.